The number of aromatic nitrogens is 1. The second-order valence-electron chi connectivity index (χ2n) is 4.09. The Bertz CT molecular complexity index is 857. The molecule has 1 heterocycles. The van der Waals surface area contributed by atoms with Crippen LogP contribution in [0.15, 0.2) is 58.2 Å². The minimum absolute atomic E-state index is 0.138. The summed E-state index contributed by atoms with van der Waals surface area (Å²) in [4.78, 5) is 4.10. The van der Waals surface area contributed by atoms with Crippen LogP contribution in [0.1, 0.15) is 0 Å². The first-order valence-corrected chi connectivity index (χ1v) is 7.52. The van der Waals surface area contributed by atoms with Gasteiger partial charge in [0.1, 0.15) is 5.52 Å². The highest BCUT2D eigenvalue weighted by Gasteiger charge is 2.14. The number of oxazole rings is 1. The Hall–Kier alpha value is -2.05. The van der Waals surface area contributed by atoms with Gasteiger partial charge in [0.15, 0.2) is 12.0 Å². The van der Waals surface area contributed by atoms with E-state index in [1.54, 1.807) is 18.2 Å². The van der Waals surface area contributed by atoms with Crippen LogP contribution in [0.5, 0.6) is 0 Å². The van der Waals surface area contributed by atoms with Gasteiger partial charge in [0.2, 0.25) is 0 Å². The average molecular weight is 309 g/mol. The number of hydrogen-bond donors (Lipinski definition) is 1. The van der Waals surface area contributed by atoms with Crippen LogP contribution in [-0.4, -0.2) is 13.4 Å². The summed E-state index contributed by atoms with van der Waals surface area (Å²) in [5, 5.41) is 0.479. The molecule has 0 fully saturated rings. The molecule has 5 nitrogen and oxygen atoms in total. The Kier molecular flexibility index (Phi) is 3.11. The van der Waals surface area contributed by atoms with Crippen molar-refractivity contribution in [1.82, 2.24) is 4.98 Å². The number of fused-ring (bicyclic) bond motifs is 1. The first-order chi connectivity index (χ1) is 9.54. The van der Waals surface area contributed by atoms with E-state index in [-0.39, 0.29) is 4.90 Å². The van der Waals surface area contributed by atoms with E-state index >= 15 is 0 Å². The van der Waals surface area contributed by atoms with Crippen molar-refractivity contribution in [2.45, 2.75) is 4.90 Å². The predicted octanol–water partition coefficient (Wildman–Crippen LogP) is 3.28. The van der Waals surface area contributed by atoms with Crippen molar-refractivity contribution >= 4 is 38.4 Å². The number of hydrogen-bond acceptors (Lipinski definition) is 4. The molecule has 1 aromatic heterocycles. The van der Waals surface area contributed by atoms with Crippen LogP contribution in [0.3, 0.4) is 0 Å². The summed E-state index contributed by atoms with van der Waals surface area (Å²) in [6.07, 6.45) is 1.31. The molecule has 0 unspecified atom stereocenters. The molecule has 2 aromatic carbocycles. The lowest BCUT2D eigenvalue weighted by atomic mass is 10.3. The van der Waals surface area contributed by atoms with E-state index < -0.39 is 10.0 Å². The molecule has 0 aliphatic carbocycles. The zero-order valence-corrected chi connectivity index (χ0v) is 11.6. The summed E-state index contributed by atoms with van der Waals surface area (Å²) in [6, 6.07) is 10.8. The van der Waals surface area contributed by atoms with Crippen LogP contribution < -0.4 is 4.72 Å². The first-order valence-electron chi connectivity index (χ1n) is 5.66. The monoisotopic (exact) mass is 308 g/mol. The van der Waals surface area contributed by atoms with Crippen molar-refractivity contribution in [2.24, 2.45) is 0 Å². The van der Waals surface area contributed by atoms with Crippen molar-refractivity contribution in [3.63, 3.8) is 0 Å². The minimum Gasteiger partial charge on any atom is -0.443 e. The van der Waals surface area contributed by atoms with Crippen molar-refractivity contribution in [3.05, 3.63) is 53.9 Å². The Labute approximate surface area is 120 Å². The third-order valence-electron chi connectivity index (χ3n) is 2.71. The van der Waals surface area contributed by atoms with Gasteiger partial charge >= 0.3 is 0 Å². The van der Waals surface area contributed by atoms with Gasteiger partial charge in [0.25, 0.3) is 10.0 Å². The predicted molar refractivity (Wildman–Crippen MR) is 76.3 cm³/mol. The van der Waals surface area contributed by atoms with Gasteiger partial charge in [-0.25, -0.2) is 13.4 Å². The van der Waals surface area contributed by atoms with E-state index in [4.69, 9.17) is 16.0 Å². The van der Waals surface area contributed by atoms with Crippen molar-refractivity contribution < 1.29 is 12.8 Å². The molecule has 0 spiro atoms. The van der Waals surface area contributed by atoms with Gasteiger partial charge in [-0.15, -0.1) is 0 Å². The molecule has 3 rings (SSSR count). The number of nitrogens with one attached hydrogen (secondary N) is 1. The Morgan fingerprint density at radius 2 is 1.85 bits per heavy atom. The molecule has 0 bridgehead atoms. The zero-order valence-electron chi connectivity index (χ0n) is 10.1. The molecule has 0 saturated carbocycles. The second kappa shape index (κ2) is 4.81. The van der Waals surface area contributed by atoms with Gasteiger partial charge in [-0.05, 0) is 36.4 Å². The number of sulfonamides is 1. The van der Waals surface area contributed by atoms with E-state index in [1.165, 1.54) is 30.7 Å². The quantitative estimate of drug-likeness (QED) is 0.806. The zero-order chi connectivity index (χ0) is 14.2. The van der Waals surface area contributed by atoms with Gasteiger partial charge in [-0.3, -0.25) is 4.72 Å². The van der Waals surface area contributed by atoms with E-state index in [9.17, 15) is 8.42 Å². The fraction of sp³-hybridized carbons (Fsp3) is 0. The maximum absolute atomic E-state index is 12.2. The van der Waals surface area contributed by atoms with Gasteiger partial charge in [0.05, 0.1) is 10.6 Å². The molecule has 0 saturated heterocycles. The summed E-state index contributed by atoms with van der Waals surface area (Å²) >= 11 is 5.74. The molecule has 0 atom stereocenters. The van der Waals surface area contributed by atoms with Crippen LogP contribution in [0.25, 0.3) is 11.1 Å². The SMILES string of the molecule is O=S(=O)(Nc1ccc2ncoc2c1)c1ccc(Cl)cc1. The first kappa shape index (κ1) is 13.0. The molecular weight excluding hydrogens is 300 g/mol. The molecule has 3 aromatic rings. The van der Waals surface area contributed by atoms with Crippen LogP contribution in [0.4, 0.5) is 5.69 Å². The van der Waals surface area contributed by atoms with Crippen LogP contribution in [0.2, 0.25) is 5.02 Å². The Balaban J connectivity index is 1.94. The molecule has 0 radical (unpaired) electrons. The fourth-order valence-corrected chi connectivity index (χ4v) is 2.92. The Morgan fingerprint density at radius 3 is 2.60 bits per heavy atom. The van der Waals surface area contributed by atoms with Gasteiger partial charge in [-0.2, -0.15) is 0 Å². The highest BCUT2D eigenvalue weighted by Crippen LogP contribution is 2.21. The highest BCUT2D eigenvalue weighted by molar-refractivity contribution is 7.92. The normalized spacial score (nSPS) is 11.7. The maximum Gasteiger partial charge on any atom is 0.261 e. The number of rotatable bonds is 3. The lowest BCUT2D eigenvalue weighted by Crippen LogP contribution is -2.12. The van der Waals surface area contributed by atoms with Crippen LogP contribution in [-0.2, 0) is 10.0 Å². The van der Waals surface area contributed by atoms with Crippen molar-refractivity contribution in [2.75, 3.05) is 4.72 Å². The minimum atomic E-state index is -3.65. The Morgan fingerprint density at radius 1 is 1.10 bits per heavy atom. The number of halogens is 1. The van der Waals surface area contributed by atoms with Crippen molar-refractivity contribution in [1.29, 1.82) is 0 Å². The third-order valence-corrected chi connectivity index (χ3v) is 4.36. The van der Waals surface area contributed by atoms with Crippen LogP contribution in [0, 0.1) is 0 Å². The van der Waals surface area contributed by atoms with E-state index in [1.807, 2.05) is 0 Å². The number of benzene rings is 2. The van der Waals surface area contributed by atoms with E-state index in [0.29, 0.717) is 21.8 Å². The lowest BCUT2D eigenvalue weighted by molar-refractivity contribution is 0.601. The number of nitrogens with zero attached hydrogens (tertiary/aromatic N) is 1. The molecule has 0 amide bonds. The summed E-state index contributed by atoms with van der Waals surface area (Å²) in [5.74, 6) is 0. The molecule has 7 heteroatoms. The molecule has 20 heavy (non-hydrogen) atoms. The van der Waals surface area contributed by atoms with Crippen molar-refractivity contribution in [3.8, 4) is 0 Å². The smallest absolute Gasteiger partial charge is 0.261 e. The average Bonchev–Trinajstić information content (AvgIpc) is 2.86. The molecule has 0 aliphatic rings. The molecule has 102 valence electrons. The van der Waals surface area contributed by atoms with E-state index in [2.05, 4.69) is 9.71 Å². The van der Waals surface area contributed by atoms with Gasteiger partial charge in [-0.1, -0.05) is 11.6 Å². The van der Waals surface area contributed by atoms with Gasteiger partial charge in [0, 0.05) is 11.1 Å². The molecular formula is C13H9ClN2O3S. The standard InChI is InChI=1S/C13H9ClN2O3S/c14-9-1-4-11(5-2-9)20(17,18)16-10-3-6-12-13(7-10)19-8-15-12/h1-8,16H. The van der Waals surface area contributed by atoms with Gasteiger partial charge < -0.3 is 4.42 Å². The largest absolute Gasteiger partial charge is 0.443 e. The summed E-state index contributed by atoms with van der Waals surface area (Å²) in [6.45, 7) is 0. The third kappa shape index (κ3) is 2.48. The van der Waals surface area contributed by atoms with E-state index in [0.717, 1.165) is 0 Å². The fourth-order valence-electron chi connectivity index (χ4n) is 1.75. The second-order valence-corrected chi connectivity index (χ2v) is 6.21. The van der Waals surface area contributed by atoms with Crippen LogP contribution >= 0.6 is 11.6 Å². The summed E-state index contributed by atoms with van der Waals surface area (Å²) in [5.41, 5.74) is 1.59. The highest BCUT2D eigenvalue weighted by atomic mass is 35.5. The number of anilines is 1. The summed E-state index contributed by atoms with van der Waals surface area (Å²) in [7, 11) is -3.65. The summed E-state index contributed by atoms with van der Waals surface area (Å²) < 4.78 is 32.0. The molecule has 1 N–H and O–H groups in total. The topological polar surface area (TPSA) is 72.2 Å². The maximum atomic E-state index is 12.2. The lowest BCUT2D eigenvalue weighted by Gasteiger charge is -2.07. The molecule has 0 aliphatic heterocycles.